The van der Waals surface area contributed by atoms with E-state index in [1.54, 1.807) is 0 Å². The van der Waals surface area contributed by atoms with Gasteiger partial charge in [0.1, 0.15) is 0 Å². The fourth-order valence-electron chi connectivity index (χ4n) is 2.89. The molecule has 0 aliphatic carbocycles. The van der Waals surface area contributed by atoms with Crippen molar-refractivity contribution < 1.29 is 4.43 Å². The summed E-state index contributed by atoms with van der Waals surface area (Å²) in [5.41, 5.74) is 3.82. The highest BCUT2D eigenvalue weighted by Gasteiger charge is 2.40. The van der Waals surface area contributed by atoms with Crippen molar-refractivity contribution in [3.8, 4) is 0 Å². The van der Waals surface area contributed by atoms with Crippen LogP contribution in [0.4, 0.5) is 5.69 Å². The Labute approximate surface area is 122 Å². The van der Waals surface area contributed by atoms with Gasteiger partial charge in [-0.3, -0.25) is 0 Å². The maximum absolute atomic E-state index is 6.43. The van der Waals surface area contributed by atoms with Gasteiger partial charge >= 0.3 is 0 Å². The van der Waals surface area contributed by atoms with Crippen LogP contribution in [-0.4, -0.2) is 22.4 Å². The number of hydrogen-bond acceptors (Lipinski definition) is 2. The van der Waals surface area contributed by atoms with Crippen LogP contribution in [0.3, 0.4) is 0 Å². The van der Waals surface area contributed by atoms with E-state index in [1.165, 1.54) is 22.0 Å². The van der Waals surface area contributed by atoms with Crippen molar-refractivity contribution >= 4 is 19.2 Å². The Morgan fingerprint density at radius 1 is 0.950 bits per heavy atom. The first kappa shape index (κ1) is 13.4. The topological polar surface area (TPSA) is 12.5 Å². The Balaban J connectivity index is 2.00. The minimum absolute atomic E-state index is 0.101. The second-order valence-electron chi connectivity index (χ2n) is 6.08. The van der Waals surface area contributed by atoms with Crippen LogP contribution in [0.5, 0.6) is 0 Å². The molecule has 0 radical (unpaired) electrons. The molecular weight excluding hydrogens is 262 g/mol. The van der Waals surface area contributed by atoms with E-state index in [0.29, 0.717) is 0 Å². The van der Waals surface area contributed by atoms with E-state index in [1.807, 2.05) is 0 Å². The molecule has 0 saturated carbocycles. The number of nitrogens with zero attached hydrogens (tertiary/aromatic N) is 1. The van der Waals surface area contributed by atoms with E-state index >= 15 is 0 Å². The third-order valence-corrected chi connectivity index (χ3v) is 6.59. The summed E-state index contributed by atoms with van der Waals surface area (Å²) in [6.45, 7) is 4.56. The Kier molecular flexibility index (Phi) is 3.19. The van der Waals surface area contributed by atoms with Gasteiger partial charge in [0.15, 0.2) is 0 Å². The van der Waals surface area contributed by atoms with E-state index in [4.69, 9.17) is 4.43 Å². The van der Waals surface area contributed by atoms with Crippen LogP contribution in [-0.2, 0) is 4.43 Å². The average Bonchev–Trinajstić information content (AvgIpc) is 2.72. The zero-order valence-corrected chi connectivity index (χ0v) is 13.6. The highest BCUT2D eigenvalue weighted by atomic mass is 28.4. The van der Waals surface area contributed by atoms with E-state index in [9.17, 15) is 0 Å². The fraction of sp³-hybridized carbons (Fsp3) is 0.294. The second kappa shape index (κ2) is 4.76. The van der Waals surface area contributed by atoms with Crippen LogP contribution >= 0.6 is 0 Å². The van der Waals surface area contributed by atoms with Crippen LogP contribution in [0.2, 0.25) is 13.1 Å². The molecule has 0 fully saturated rings. The van der Waals surface area contributed by atoms with Crippen molar-refractivity contribution in [2.24, 2.45) is 0 Å². The second-order valence-corrected chi connectivity index (χ2v) is 9.88. The van der Waals surface area contributed by atoms with Gasteiger partial charge in [0.05, 0.1) is 6.10 Å². The number of anilines is 1. The highest BCUT2D eigenvalue weighted by molar-refractivity contribution is 6.85. The third kappa shape index (κ3) is 2.17. The summed E-state index contributed by atoms with van der Waals surface area (Å²) in [5.74, 6) is 0. The molecule has 0 saturated heterocycles. The molecule has 0 spiro atoms. The lowest BCUT2D eigenvalue weighted by Crippen LogP contribution is -2.39. The molecule has 1 aliphatic heterocycles. The molecule has 2 aromatic rings. The van der Waals surface area contributed by atoms with Crippen molar-refractivity contribution in [3.63, 3.8) is 0 Å². The van der Waals surface area contributed by atoms with Crippen molar-refractivity contribution in [2.75, 3.05) is 19.0 Å². The predicted molar refractivity (Wildman–Crippen MR) is 87.3 cm³/mol. The normalized spacial score (nSPS) is 19.7. The fourth-order valence-corrected chi connectivity index (χ4v) is 5.28. The van der Waals surface area contributed by atoms with Gasteiger partial charge in [0, 0.05) is 19.8 Å². The van der Waals surface area contributed by atoms with Crippen LogP contribution in [0.1, 0.15) is 17.2 Å². The quantitative estimate of drug-likeness (QED) is 0.784. The lowest BCUT2D eigenvalue weighted by molar-refractivity contribution is 0.259. The standard InChI is InChI=1S/C17H21NOSi/c1-18(2)14-11-9-13(10-12-14)17-15-7-5-6-8-16(15)20(3,4)19-17/h5-12,17H,1-4H3. The van der Waals surface area contributed by atoms with Crippen molar-refractivity contribution in [1.82, 2.24) is 0 Å². The molecule has 0 aromatic heterocycles. The van der Waals surface area contributed by atoms with Gasteiger partial charge in [-0.25, -0.2) is 0 Å². The zero-order valence-electron chi connectivity index (χ0n) is 12.6. The maximum atomic E-state index is 6.43. The van der Waals surface area contributed by atoms with Crippen molar-refractivity contribution in [2.45, 2.75) is 19.2 Å². The summed E-state index contributed by atoms with van der Waals surface area (Å²) in [6, 6.07) is 17.4. The Morgan fingerprint density at radius 2 is 1.60 bits per heavy atom. The highest BCUT2D eigenvalue weighted by Crippen LogP contribution is 2.35. The van der Waals surface area contributed by atoms with E-state index < -0.39 is 8.32 Å². The maximum Gasteiger partial charge on any atom is 0.219 e. The van der Waals surface area contributed by atoms with Crippen LogP contribution < -0.4 is 10.1 Å². The summed E-state index contributed by atoms with van der Waals surface area (Å²) in [6.07, 6.45) is 0.101. The molecule has 2 aromatic carbocycles. The molecule has 3 heteroatoms. The van der Waals surface area contributed by atoms with Gasteiger partial charge in [-0.05, 0) is 41.5 Å². The van der Waals surface area contributed by atoms with Gasteiger partial charge < -0.3 is 9.33 Å². The van der Waals surface area contributed by atoms with E-state index in [-0.39, 0.29) is 6.10 Å². The van der Waals surface area contributed by atoms with Crippen LogP contribution in [0.25, 0.3) is 0 Å². The summed E-state index contributed by atoms with van der Waals surface area (Å²) in [7, 11) is 2.37. The number of rotatable bonds is 2. The Morgan fingerprint density at radius 3 is 2.25 bits per heavy atom. The average molecular weight is 283 g/mol. The molecule has 0 N–H and O–H groups in total. The Bertz CT molecular complexity index is 619. The molecule has 1 heterocycles. The van der Waals surface area contributed by atoms with Crippen LogP contribution in [0, 0.1) is 0 Å². The number of fused-ring (bicyclic) bond motifs is 1. The third-order valence-electron chi connectivity index (χ3n) is 4.02. The minimum atomic E-state index is -1.75. The van der Waals surface area contributed by atoms with Gasteiger partial charge in [0.25, 0.3) is 0 Å². The van der Waals surface area contributed by atoms with Gasteiger partial charge in [-0.2, -0.15) is 0 Å². The first-order valence-electron chi connectivity index (χ1n) is 7.03. The van der Waals surface area contributed by atoms with Gasteiger partial charge in [-0.15, -0.1) is 0 Å². The first-order chi connectivity index (χ1) is 9.49. The lowest BCUT2D eigenvalue weighted by atomic mass is 10.0. The zero-order chi connectivity index (χ0) is 14.3. The van der Waals surface area contributed by atoms with Gasteiger partial charge in [-0.1, -0.05) is 36.4 Å². The molecule has 20 heavy (non-hydrogen) atoms. The van der Waals surface area contributed by atoms with Gasteiger partial charge in [0.2, 0.25) is 8.32 Å². The molecule has 1 atom stereocenters. The molecule has 3 rings (SSSR count). The molecule has 0 bridgehead atoms. The van der Waals surface area contributed by atoms with Crippen LogP contribution in [0.15, 0.2) is 48.5 Å². The summed E-state index contributed by atoms with van der Waals surface area (Å²) < 4.78 is 6.43. The first-order valence-corrected chi connectivity index (χ1v) is 9.94. The molecule has 0 amide bonds. The largest absolute Gasteiger partial charge is 0.402 e. The SMILES string of the molecule is CN(C)c1ccc(C2O[Si](C)(C)c3ccccc32)cc1. The number of benzene rings is 2. The van der Waals surface area contributed by atoms with Crippen molar-refractivity contribution in [3.05, 3.63) is 59.7 Å². The van der Waals surface area contributed by atoms with Crippen molar-refractivity contribution in [1.29, 1.82) is 0 Å². The lowest BCUT2D eigenvalue weighted by Gasteiger charge is -2.19. The smallest absolute Gasteiger partial charge is 0.219 e. The molecule has 1 unspecified atom stereocenters. The predicted octanol–water partition coefficient (Wildman–Crippen LogP) is 3.28. The summed E-state index contributed by atoms with van der Waals surface area (Å²) in [4.78, 5) is 2.12. The number of hydrogen-bond donors (Lipinski definition) is 0. The Hall–Kier alpha value is -1.58. The van der Waals surface area contributed by atoms with E-state index in [0.717, 1.165) is 0 Å². The molecule has 2 nitrogen and oxygen atoms in total. The molecule has 104 valence electrons. The monoisotopic (exact) mass is 283 g/mol. The van der Waals surface area contributed by atoms with E-state index in [2.05, 4.69) is 80.6 Å². The molecule has 1 aliphatic rings. The minimum Gasteiger partial charge on any atom is -0.402 e. The molecular formula is C17H21NOSi. The summed E-state index contributed by atoms with van der Waals surface area (Å²) in [5, 5.41) is 1.43. The summed E-state index contributed by atoms with van der Waals surface area (Å²) >= 11 is 0.